The predicted octanol–water partition coefficient (Wildman–Crippen LogP) is 4.80. The smallest absolute Gasteiger partial charge is 0.270 e. The van der Waals surface area contributed by atoms with Gasteiger partial charge < -0.3 is 0 Å². The van der Waals surface area contributed by atoms with Crippen molar-refractivity contribution in [2.24, 2.45) is 0 Å². The molecule has 0 unspecified atom stereocenters. The van der Waals surface area contributed by atoms with Gasteiger partial charge in [-0.1, -0.05) is 41.4 Å². The molecule has 0 fully saturated rings. The summed E-state index contributed by atoms with van der Waals surface area (Å²) in [6.45, 7) is 0. The molecule has 2 aromatic carbocycles. The molecule has 0 aromatic heterocycles. The molecule has 0 saturated carbocycles. The zero-order valence-corrected chi connectivity index (χ0v) is 12.1. The lowest BCUT2D eigenvalue weighted by Gasteiger charge is -1.99. The quantitative estimate of drug-likeness (QED) is 0.352. The third kappa shape index (κ3) is 3.90. The topological polar surface area (TPSA) is 60.2 Å². The average molecular weight is 322 g/mol. The van der Waals surface area contributed by atoms with Crippen molar-refractivity contribution in [2.75, 3.05) is 0 Å². The number of carbonyl (C=O) groups is 1. The molecule has 0 saturated heterocycles. The summed E-state index contributed by atoms with van der Waals surface area (Å²) in [5.74, 6) is -0.343. The van der Waals surface area contributed by atoms with Crippen LogP contribution in [-0.2, 0) is 0 Å². The standard InChI is InChI=1S/C15H9Cl2NO3/c16-12-6-4-10(14(17)9-12)5-7-15(19)11-2-1-3-13(8-11)18(20)21/h1-9H/b7-5+. The van der Waals surface area contributed by atoms with Gasteiger partial charge in [0.15, 0.2) is 5.78 Å². The number of rotatable bonds is 4. The first-order valence-electron chi connectivity index (χ1n) is 5.89. The Labute approximate surface area is 130 Å². The summed E-state index contributed by atoms with van der Waals surface area (Å²) in [4.78, 5) is 22.1. The highest BCUT2D eigenvalue weighted by molar-refractivity contribution is 6.35. The van der Waals surface area contributed by atoms with E-state index in [1.165, 1.54) is 30.3 Å². The summed E-state index contributed by atoms with van der Waals surface area (Å²) in [6, 6.07) is 10.5. The summed E-state index contributed by atoms with van der Waals surface area (Å²) in [7, 11) is 0. The second-order valence-corrected chi connectivity index (χ2v) is 5.01. The maximum Gasteiger partial charge on any atom is 0.270 e. The molecule has 21 heavy (non-hydrogen) atoms. The van der Waals surface area contributed by atoms with Crippen LogP contribution >= 0.6 is 23.2 Å². The minimum atomic E-state index is -0.545. The Morgan fingerprint density at radius 3 is 2.57 bits per heavy atom. The molecule has 6 heteroatoms. The number of nitro groups is 1. The molecule has 0 aliphatic heterocycles. The number of hydrogen-bond donors (Lipinski definition) is 0. The van der Waals surface area contributed by atoms with E-state index in [0.29, 0.717) is 15.6 Å². The second-order valence-electron chi connectivity index (χ2n) is 4.17. The monoisotopic (exact) mass is 321 g/mol. The van der Waals surface area contributed by atoms with Gasteiger partial charge in [-0.05, 0) is 29.8 Å². The van der Waals surface area contributed by atoms with E-state index < -0.39 is 4.92 Å². The Morgan fingerprint density at radius 1 is 1.14 bits per heavy atom. The van der Waals surface area contributed by atoms with Crippen LogP contribution < -0.4 is 0 Å². The van der Waals surface area contributed by atoms with E-state index >= 15 is 0 Å². The zero-order valence-electron chi connectivity index (χ0n) is 10.6. The molecule has 0 N–H and O–H groups in total. The van der Waals surface area contributed by atoms with Crippen LogP contribution in [0.5, 0.6) is 0 Å². The number of nitro benzene ring substituents is 1. The summed E-state index contributed by atoms with van der Waals surface area (Å²) in [6.07, 6.45) is 2.86. The number of hydrogen-bond acceptors (Lipinski definition) is 3. The molecule has 0 spiro atoms. The molecule has 0 amide bonds. The molecule has 4 nitrogen and oxygen atoms in total. The lowest BCUT2D eigenvalue weighted by atomic mass is 10.1. The first kappa shape index (κ1) is 15.2. The molecule has 0 aliphatic carbocycles. The average Bonchev–Trinajstić information content (AvgIpc) is 2.46. The van der Waals surface area contributed by atoms with Gasteiger partial charge in [0.2, 0.25) is 0 Å². The second kappa shape index (κ2) is 6.52. The van der Waals surface area contributed by atoms with Crippen LogP contribution in [0.1, 0.15) is 15.9 Å². The van der Waals surface area contributed by atoms with Crippen LogP contribution in [0.2, 0.25) is 10.0 Å². The minimum absolute atomic E-state index is 0.126. The van der Waals surface area contributed by atoms with Crippen molar-refractivity contribution in [2.45, 2.75) is 0 Å². The fraction of sp³-hybridized carbons (Fsp3) is 0. The van der Waals surface area contributed by atoms with E-state index in [4.69, 9.17) is 23.2 Å². The highest BCUT2D eigenvalue weighted by Crippen LogP contribution is 2.22. The van der Waals surface area contributed by atoms with E-state index in [1.807, 2.05) is 0 Å². The van der Waals surface area contributed by atoms with Crippen molar-refractivity contribution in [3.8, 4) is 0 Å². The zero-order chi connectivity index (χ0) is 15.4. The van der Waals surface area contributed by atoms with Crippen molar-refractivity contribution >= 4 is 40.7 Å². The minimum Gasteiger partial charge on any atom is -0.289 e. The fourth-order valence-electron chi connectivity index (χ4n) is 1.67. The molecule has 0 radical (unpaired) electrons. The lowest BCUT2D eigenvalue weighted by Crippen LogP contribution is -1.96. The van der Waals surface area contributed by atoms with Crippen molar-refractivity contribution < 1.29 is 9.72 Å². The third-order valence-corrected chi connectivity index (χ3v) is 3.28. The summed E-state index contributed by atoms with van der Waals surface area (Å²) in [5.41, 5.74) is 0.754. The van der Waals surface area contributed by atoms with Gasteiger partial charge >= 0.3 is 0 Å². The van der Waals surface area contributed by atoms with Crippen LogP contribution in [0.4, 0.5) is 5.69 Å². The van der Waals surface area contributed by atoms with Gasteiger partial charge in [0.1, 0.15) is 0 Å². The third-order valence-electron chi connectivity index (χ3n) is 2.72. The number of ketones is 1. The Kier molecular flexibility index (Phi) is 4.73. The number of halogens is 2. The maximum absolute atomic E-state index is 12.0. The van der Waals surface area contributed by atoms with Gasteiger partial charge in [-0.2, -0.15) is 0 Å². The molecular formula is C15H9Cl2NO3. The Morgan fingerprint density at radius 2 is 1.90 bits per heavy atom. The number of non-ortho nitro benzene ring substituents is 1. The van der Waals surface area contributed by atoms with Crippen LogP contribution in [0.15, 0.2) is 48.5 Å². The van der Waals surface area contributed by atoms with E-state index in [0.717, 1.165) is 0 Å². The van der Waals surface area contributed by atoms with E-state index in [-0.39, 0.29) is 17.0 Å². The summed E-state index contributed by atoms with van der Waals surface area (Å²) >= 11 is 11.8. The normalized spacial score (nSPS) is 10.8. The molecule has 0 aliphatic rings. The van der Waals surface area contributed by atoms with Gasteiger partial charge in [-0.3, -0.25) is 14.9 Å². The van der Waals surface area contributed by atoms with Gasteiger partial charge in [-0.15, -0.1) is 0 Å². The fourth-order valence-corrected chi connectivity index (χ4v) is 2.14. The van der Waals surface area contributed by atoms with E-state index in [1.54, 1.807) is 24.3 Å². The Bertz CT molecular complexity index is 741. The van der Waals surface area contributed by atoms with Gasteiger partial charge in [0.05, 0.1) is 4.92 Å². The van der Waals surface area contributed by atoms with Crippen LogP contribution in [0.25, 0.3) is 6.08 Å². The predicted molar refractivity (Wildman–Crippen MR) is 82.9 cm³/mol. The Hall–Kier alpha value is -2.17. The molecule has 2 rings (SSSR count). The first-order chi connectivity index (χ1) is 9.97. The molecule has 0 heterocycles. The van der Waals surface area contributed by atoms with Crippen molar-refractivity contribution in [3.63, 3.8) is 0 Å². The Balaban J connectivity index is 2.23. The largest absolute Gasteiger partial charge is 0.289 e. The summed E-state index contributed by atoms with van der Waals surface area (Å²) < 4.78 is 0. The number of allylic oxidation sites excluding steroid dienone is 1. The highest BCUT2D eigenvalue weighted by atomic mass is 35.5. The van der Waals surface area contributed by atoms with E-state index in [2.05, 4.69) is 0 Å². The molecule has 2 aromatic rings. The van der Waals surface area contributed by atoms with Crippen molar-refractivity contribution in [1.29, 1.82) is 0 Å². The van der Waals surface area contributed by atoms with Gasteiger partial charge in [-0.25, -0.2) is 0 Å². The number of nitrogens with zero attached hydrogens (tertiary/aromatic N) is 1. The molecule has 0 atom stereocenters. The van der Waals surface area contributed by atoms with Crippen LogP contribution in [0.3, 0.4) is 0 Å². The first-order valence-corrected chi connectivity index (χ1v) is 6.65. The van der Waals surface area contributed by atoms with Crippen molar-refractivity contribution in [3.05, 3.63) is 79.8 Å². The molecule has 106 valence electrons. The molecule has 0 bridgehead atoms. The van der Waals surface area contributed by atoms with Crippen molar-refractivity contribution in [1.82, 2.24) is 0 Å². The SMILES string of the molecule is O=C(/C=C/c1ccc(Cl)cc1Cl)c1cccc([N+](=O)[O-])c1. The van der Waals surface area contributed by atoms with E-state index in [9.17, 15) is 14.9 Å². The molecular weight excluding hydrogens is 313 g/mol. The lowest BCUT2D eigenvalue weighted by molar-refractivity contribution is -0.384. The number of benzene rings is 2. The maximum atomic E-state index is 12.0. The van der Waals surface area contributed by atoms with Gasteiger partial charge in [0, 0.05) is 27.7 Å². The summed E-state index contributed by atoms with van der Waals surface area (Å²) in [5, 5.41) is 11.6. The van der Waals surface area contributed by atoms with Crippen LogP contribution in [-0.4, -0.2) is 10.7 Å². The van der Waals surface area contributed by atoms with Gasteiger partial charge in [0.25, 0.3) is 5.69 Å². The van der Waals surface area contributed by atoms with Crippen LogP contribution in [0, 0.1) is 10.1 Å². The number of carbonyl (C=O) groups excluding carboxylic acids is 1. The highest BCUT2D eigenvalue weighted by Gasteiger charge is 2.09.